The molecule has 0 aliphatic rings. The number of carbonyl (C=O) groups excluding carboxylic acids is 2. The molecule has 5 nitrogen and oxygen atoms in total. The van der Waals surface area contributed by atoms with Crippen molar-refractivity contribution in [2.45, 2.75) is 40.5 Å². The normalized spacial score (nSPS) is 11.0. The third-order valence-corrected chi connectivity index (χ3v) is 4.81. The van der Waals surface area contributed by atoms with Crippen molar-refractivity contribution in [2.24, 2.45) is 5.41 Å². The second kappa shape index (κ2) is 9.40. The first-order valence-electron chi connectivity index (χ1n) is 9.57. The average molecular weight is 383 g/mol. The van der Waals surface area contributed by atoms with Gasteiger partial charge < -0.3 is 15.4 Å². The van der Waals surface area contributed by atoms with Crippen LogP contribution in [0.5, 0.6) is 5.75 Å². The average Bonchev–Trinajstić information content (AvgIpc) is 2.67. The minimum Gasteiger partial charge on any atom is -0.493 e. The summed E-state index contributed by atoms with van der Waals surface area (Å²) in [4.78, 5) is 24.8. The maximum Gasteiger partial charge on any atom is 0.253 e. The van der Waals surface area contributed by atoms with Crippen LogP contribution >= 0.6 is 0 Å². The molecule has 0 saturated carbocycles. The number of hydrogen-bond donors (Lipinski definition) is 2. The number of para-hydroxylation sites is 1. The van der Waals surface area contributed by atoms with Crippen LogP contribution in [-0.4, -0.2) is 25.5 Å². The van der Waals surface area contributed by atoms with E-state index in [2.05, 4.69) is 16.7 Å². The highest BCUT2D eigenvalue weighted by Crippen LogP contribution is 2.27. The Bertz CT molecular complexity index is 843. The van der Waals surface area contributed by atoms with Crippen molar-refractivity contribution >= 4 is 17.5 Å². The molecule has 150 valence electrons. The van der Waals surface area contributed by atoms with Gasteiger partial charge in [-0.25, -0.2) is 0 Å². The van der Waals surface area contributed by atoms with Crippen molar-refractivity contribution in [3.8, 4) is 5.75 Å². The van der Waals surface area contributed by atoms with Crippen LogP contribution in [0.15, 0.2) is 42.5 Å². The molecule has 2 rings (SSSR count). The van der Waals surface area contributed by atoms with Gasteiger partial charge in [-0.1, -0.05) is 38.1 Å². The van der Waals surface area contributed by atoms with Crippen LogP contribution in [0.25, 0.3) is 0 Å². The lowest BCUT2D eigenvalue weighted by Gasteiger charge is -2.24. The summed E-state index contributed by atoms with van der Waals surface area (Å²) in [6.07, 6.45) is 1.43. The number of anilines is 1. The zero-order chi connectivity index (χ0) is 20.7. The molecular weight excluding hydrogens is 352 g/mol. The van der Waals surface area contributed by atoms with Gasteiger partial charge in [0.05, 0.1) is 17.9 Å². The number of benzene rings is 2. The van der Waals surface area contributed by atoms with E-state index in [9.17, 15) is 9.59 Å². The molecule has 0 aliphatic carbocycles. The topological polar surface area (TPSA) is 67.4 Å². The number of hydrogen-bond acceptors (Lipinski definition) is 3. The van der Waals surface area contributed by atoms with Crippen molar-refractivity contribution in [3.05, 3.63) is 59.2 Å². The molecule has 2 N–H and O–H groups in total. The molecule has 2 aromatic carbocycles. The number of amides is 2. The summed E-state index contributed by atoms with van der Waals surface area (Å²) in [5.41, 5.74) is 2.66. The minimum atomic E-state index is -0.583. The van der Waals surface area contributed by atoms with Gasteiger partial charge in [0.1, 0.15) is 5.75 Å². The fourth-order valence-electron chi connectivity index (χ4n) is 2.89. The van der Waals surface area contributed by atoms with Gasteiger partial charge in [-0.2, -0.15) is 0 Å². The fourth-order valence-corrected chi connectivity index (χ4v) is 2.89. The summed E-state index contributed by atoms with van der Waals surface area (Å²) in [7, 11) is 1.57. The van der Waals surface area contributed by atoms with Crippen molar-refractivity contribution in [1.29, 1.82) is 0 Å². The largest absolute Gasteiger partial charge is 0.493 e. The van der Waals surface area contributed by atoms with E-state index in [1.165, 1.54) is 0 Å². The van der Waals surface area contributed by atoms with Gasteiger partial charge in [-0.3, -0.25) is 9.59 Å². The molecule has 0 spiro atoms. The summed E-state index contributed by atoms with van der Waals surface area (Å²) < 4.78 is 5.89. The van der Waals surface area contributed by atoms with E-state index < -0.39 is 5.41 Å². The standard InChI is InChI=1S/C23H30N2O3/c1-16-11-12-17(2)20(15-16)28-14-8-13-23(3,4)22(27)25-19-10-7-6-9-18(19)21(26)24-5/h6-7,9-12,15H,8,13-14H2,1-5H3,(H,24,26)(H,25,27). The Balaban J connectivity index is 1.93. The summed E-state index contributed by atoms with van der Waals surface area (Å²) in [6.45, 7) is 8.42. The van der Waals surface area contributed by atoms with Crippen LogP contribution in [0.4, 0.5) is 5.69 Å². The number of rotatable bonds is 8. The van der Waals surface area contributed by atoms with Crippen molar-refractivity contribution < 1.29 is 14.3 Å². The molecule has 2 aromatic rings. The zero-order valence-electron chi connectivity index (χ0n) is 17.4. The maximum absolute atomic E-state index is 12.8. The molecular formula is C23H30N2O3. The smallest absolute Gasteiger partial charge is 0.253 e. The molecule has 0 fully saturated rings. The van der Waals surface area contributed by atoms with Gasteiger partial charge in [-0.05, 0) is 56.0 Å². The minimum absolute atomic E-state index is 0.115. The highest BCUT2D eigenvalue weighted by Gasteiger charge is 2.28. The van der Waals surface area contributed by atoms with Gasteiger partial charge >= 0.3 is 0 Å². The Morgan fingerprint density at radius 2 is 1.79 bits per heavy atom. The fraction of sp³-hybridized carbons (Fsp3) is 0.391. The van der Waals surface area contributed by atoms with E-state index in [0.717, 1.165) is 23.3 Å². The van der Waals surface area contributed by atoms with Crippen LogP contribution in [0, 0.1) is 19.3 Å². The van der Waals surface area contributed by atoms with Crippen LogP contribution in [0.2, 0.25) is 0 Å². The van der Waals surface area contributed by atoms with Crippen molar-refractivity contribution in [3.63, 3.8) is 0 Å². The van der Waals surface area contributed by atoms with Crippen LogP contribution in [0.1, 0.15) is 48.2 Å². The Morgan fingerprint density at radius 1 is 1.07 bits per heavy atom. The first-order chi connectivity index (χ1) is 13.2. The molecule has 0 saturated heterocycles. The highest BCUT2D eigenvalue weighted by molar-refractivity contribution is 6.04. The second-order valence-electron chi connectivity index (χ2n) is 7.68. The highest BCUT2D eigenvalue weighted by atomic mass is 16.5. The molecule has 2 amide bonds. The van der Waals surface area contributed by atoms with Crippen LogP contribution in [-0.2, 0) is 4.79 Å². The molecule has 5 heteroatoms. The van der Waals surface area contributed by atoms with Gasteiger partial charge in [-0.15, -0.1) is 0 Å². The monoisotopic (exact) mass is 382 g/mol. The third kappa shape index (κ3) is 5.59. The number of carbonyl (C=O) groups is 2. The van der Waals surface area contributed by atoms with Gasteiger partial charge in [0.2, 0.25) is 5.91 Å². The van der Waals surface area contributed by atoms with E-state index in [1.54, 1.807) is 31.3 Å². The van der Waals surface area contributed by atoms with Crippen molar-refractivity contribution in [2.75, 3.05) is 19.0 Å². The van der Waals surface area contributed by atoms with E-state index >= 15 is 0 Å². The molecule has 0 radical (unpaired) electrons. The zero-order valence-corrected chi connectivity index (χ0v) is 17.4. The lowest BCUT2D eigenvalue weighted by atomic mass is 9.86. The number of ether oxygens (including phenoxy) is 1. The summed E-state index contributed by atoms with van der Waals surface area (Å²) in [6, 6.07) is 13.1. The quantitative estimate of drug-likeness (QED) is 0.661. The van der Waals surface area contributed by atoms with E-state index in [-0.39, 0.29) is 11.8 Å². The molecule has 0 bridgehead atoms. The first-order valence-corrected chi connectivity index (χ1v) is 9.57. The Labute approximate surface area is 167 Å². The second-order valence-corrected chi connectivity index (χ2v) is 7.68. The Morgan fingerprint density at radius 3 is 2.50 bits per heavy atom. The summed E-state index contributed by atoms with van der Waals surface area (Å²) in [5.74, 6) is 0.549. The van der Waals surface area contributed by atoms with E-state index in [0.29, 0.717) is 24.3 Å². The lowest BCUT2D eigenvalue weighted by Crippen LogP contribution is -2.32. The maximum atomic E-state index is 12.8. The van der Waals surface area contributed by atoms with Crippen LogP contribution < -0.4 is 15.4 Å². The Kier molecular flexibility index (Phi) is 7.21. The molecule has 0 heterocycles. The van der Waals surface area contributed by atoms with Gasteiger partial charge in [0.15, 0.2) is 0 Å². The predicted octanol–water partition coefficient (Wildman–Crippen LogP) is 4.49. The molecule has 28 heavy (non-hydrogen) atoms. The number of nitrogens with one attached hydrogen (secondary N) is 2. The number of aryl methyl sites for hydroxylation is 2. The summed E-state index contributed by atoms with van der Waals surface area (Å²) in [5, 5.41) is 5.49. The Hall–Kier alpha value is -2.82. The molecule has 0 aromatic heterocycles. The molecule has 0 aliphatic heterocycles. The summed E-state index contributed by atoms with van der Waals surface area (Å²) >= 11 is 0. The van der Waals surface area contributed by atoms with Gasteiger partial charge in [0.25, 0.3) is 5.91 Å². The van der Waals surface area contributed by atoms with Crippen molar-refractivity contribution in [1.82, 2.24) is 5.32 Å². The van der Waals surface area contributed by atoms with Gasteiger partial charge in [0, 0.05) is 12.5 Å². The van der Waals surface area contributed by atoms with E-state index in [4.69, 9.17) is 4.74 Å². The molecule has 0 unspecified atom stereocenters. The SMILES string of the molecule is CNC(=O)c1ccccc1NC(=O)C(C)(C)CCCOc1cc(C)ccc1C. The third-order valence-electron chi connectivity index (χ3n) is 4.81. The molecule has 0 atom stereocenters. The predicted molar refractivity (Wildman–Crippen MR) is 113 cm³/mol. The first kappa shape index (κ1) is 21.5. The van der Waals surface area contributed by atoms with E-state index in [1.807, 2.05) is 39.8 Å². The lowest BCUT2D eigenvalue weighted by molar-refractivity contribution is -0.124. The van der Waals surface area contributed by atoms with Crippen LogP contribution in [0.3, 0.4) is 0 Å².